The summed E-state index contributed by atoms with van der Waals surface area (Å²) in [6.07, 6.45) is -2.66. The van der Waals surface area contributed by atoms with Gasteiger partial charge in [0, 0.05) is 12.6 Å². The topological polar surface area (TPSA) is 111 Å². The number of alkyl halides is 4. The van der Waals surface area contributed by atoms with E-state index in [4.69, 9.17) is 49.0 Å². The zero-order valence-corrected chi connectivity index (χ0v) is 34.8. The highest BCUT2D eigenvalue weighted by molar-refractivity contribution is 8.00. The number of benzene rings is 4. The van der Waals surface area contributed by atoms with E-state index in [0.717, 1.165) is 33.2 Å². The first kappa shape index (κ1) is 43.1. The van der Waals surface area contributed by atoms with Crippen LogP contribution in [0.15, 0.2) is 121 Å². The average molecular weight is 862 g/mol. The maximum atomic E-state index is 15.0. The van der Waals surface area contributed by atoms with Crippen molar-refractivity contribution in [2.24, 2.45) is 0 Å². The minimum atomic E-state index is -3.31. The third-order valence-electron chi connectivity index (χ3n) is 8.37. The Balaban J connectivity index is 1.70. The van der Waals surface area contributed by atoms with Crippen LogP contribution in [-0.2, 0) is 35.0 Å². The SMILES string of the molecule is CC(C)(C)OC(=O)C(N1C(=O)[C@H](NC(=O)Cc2ccccc2)[C@@H]1SCC(CF)OC(=O)OCC(Cl)(Cl)Cl)=P(c1ccccc1)(c1ccccc1)c1ccccc1. The van der Waals surface area contributed by atoms with Crippen LogP contribution >= 0.6 is 53.5 Å². The van der Waals surface area contributed by atoms with Crippen molar-refractivity contribution < 1.29 is 37.8 Å². The number of hydrogen-bond donors (Lipinski definition) is 1. The molecular weight excluding hydrogens is 821 g/mol. The summed E-state index contributed by atoms with van der Waals surface area (Å²) in [4.78, 5) is 57.1. The van der Waals surface area contributed by atoms with Gasteiger partial charge in [-0.3, -0.25) is 14.5 Å². The molecule has 9 nitrogen and oxygen atoms in total. The van der Waals surface area contributed by atoms with Crippen LogP contribution in [0.5, 0.6) is 0 Å². The molecule has 4 aromatic rings. The first-order valence-corrected chi connectivity index (χ1v) is 21.5. The first-order chi connectivity index (χ1) is 26.6. The van der Waals surface area contributed by atoms with Gasteiger partial charge in [0.1, 0.15) is 41.8 Å². The van der Waals surface area contributed by atoms with Crippen molar-refractivity contribution in [2.45, 2.75) is 54.1 Å². The Bertz CT molecular complexity index is 1930. The van der Waals surface area contributed by atoms with E-state index in [1.54, 1.807) is 45.0 Å². The molecule has 5 rings (SSSR count). The molecule has 56 heavy (non-hydrogen) atoms. The number of β-lactam (4-membered cyclic amide) rings is 1. The highest BCUT2D eigenvalue weighted by atomic mass is 35.6. The number of nitrogens with one attached hydrogen (secondary N) is 1. The van der Waals surface area contributed by atoms with Gasteiger partial charge in [-0.2, -0.15) is 0 Å². The van der Waals surface area contributed by atoms with Gasteiger partial charge < -0.3 is 19.5 Å². The molecule has 0 aromatic heterocycles. The molecule has 1 N–H and O–H groups in total. The van der Waals surface area contributed by atoms with Crippen LogP contribution in [0, 0.1) is 0 Å². The summed E-state index contributed by atoms with van der Waals surface area (Å²) in [6, 6.07) is 36.1. The number of carbonyl (C=O) groups excluding carboxylic acids is 4. The number of thioether (sulfide) groups is 1. The van der Waals surface area contributed by atoms with Crippen LogP contribution < -0.4 is 21.2 Å². The Labute approximate surface area is 345 Å². The van der Waals surface area contributed by atoms with Crippen LogP contribution in [-0.4, -0.2) is 80.2 Å². The fourth-order valence-electron chi connectivity index (χ4n) is 6.11. The van der Waals surface area contributed by atoms with Crippen molar-refractivity contribution >= 4 is 98.7 Å². The van der Waals surface area contributed by atoms with E-state index in [-0.39, 0.29) is 17.6 Å². The predicted molar refractivity (Wildman–Crippen MR) is 224 cm³/mol. The number of nitrogens with zero attached hydrogens (tertiary/aromatic N) is 1. The zero-order valence-electron chi connectivity index (χ0n) is 30.8. The number of ether oxygens (including phenoxy) is 3. The Kier molecular flexibility index (Phi) is 14.6. The molecule has 1 unspecified atom stereocenters. The monoisotopic (exact) mass is 860 g/mol. The van der Waals surface area contributed by atoms with Crippen LogP contribution in [0.1, 0.15) is 26.3 Å². The Morgan fingerprint density at radius 1 is 0.821 bits per heavy atom. The number of likely N-dealkylation sites (tertiary alicyclic amines) is 1. The van der Waals surface area contributed by atoms with Gasteiger partial charge >= 0.3 is 12.1 Å². The van der Waals surface area contributed by atoms with Crippen LogP contribution in [0.2, 0.25) is 0 Å². The number of rotatable bonds is 14. The molecule has 4 aromatic carbocycles. The van der Waals surface area contributed by atoms with Crippen molar-refractivity contribution in [2.75, 3.05) is 19.0 Å². The molecule has 0 bridgehead atoms. The van der Waals surface area contributed by atoms with Crippen molar-refractivity contribution in [1.82, 2.24) is 10.2 Å². The van der Waals surface area contributed by atoms with E-state index in [0.29, 0.717) is 0 Å². The minimum absolute atomic E-state index is 0.0229. The normalized spacial score (nSPS) is 16.3. The molecule has 2 amide bonds. The Morgan fingerprint density at radius 3 is 1.75 bits per heavy atom. The summed E-state index contributed by atoms with van der Waals surface area (Å²) in [5, 5.41) is 4.13. The molecule has 0 aliphatic carbocycles. The maximum absolute atomic E-state index is 15.0. The van der Waals surface area contributed by atoms with Crippen molar-refractivity contribution in [3.8, 4) is 0 Å². The summed E-state index contributed by atoms with van der Waals surface area (Å²) in [5.74, 6) is -1.98. The fraction of sp³-hybridized carbons (Fsp3) is 0.293. The van der Waals surface area contributed by atoms with E-state index < -0.39 is 71.0 Å². The fourth-order valence-corrected chi connectivity index (χ4v) is 12.0. The lowest BCUT2D eigenvalue weighted by molar-refractivity contribution is -0.151. The number of halogens is 4. The third kappa shape index (κ3) is 10.7. The summed E-state index contributed by atoms with van der Waals surface area (Å²) in [5.41, 5.74) is -0.200. The lowest BCUT2D eigenvalue weighted by atomic mass is 10.1. The van der Waals surface area contributed by atoms with Gasteiger partial charge in [0.05, 0.1) is 6.42 Å². The van der Waals surface area contributed by atoms with Gasteiger partial charge in [-0.15, -0.1) is 11.8 Å². The molecule has 0 spiro atoms. The van der Waals surface area contributed by atoms with Crippen LogP contribution in [0.4, 0.5) is 9.18 Å². The quantitative estimate of drug-likeness (QED) is 0.0629. The standard InChI is InChI=1S/C41H41Cl3FN2O7PS/c1-40(2,3)54-38(50)36(55(30-18-10-5-11-19-30,31-20-12-6-13-21-31)32-22-14-7-15-23-32)47-35(49)34(46-33(48)24-28-16-8-4-9-17-28)37(47)56-26-29(25-45)53-39(51)52-27-41(42,43)44/h4-23,29,34,37H,24-27H2,1-3H3,(H,46,48)/t29?,34-,37-/m0/s1. The highest BCUT2D eigenvalue weighted by Crippen LogP contribution is 2.50. The van der Waals surface area contributed by atoms with Crippen LogP contribution in [0.3, 0.4) is 0 Å². The number of hydrogen-bond acceptors (Lipinski definition) is 8. The van der Waals surface area contributed by atoms with Gasteiger partial charge in [-0.25, -0.2) is 14.0 Å². The van der Waals surface area contributed by atoms with Gasteiger partial charge in [-0.1, -0.05) is 156 Å². The lowest BCUT2D eigenvalue weighted by Gasteiger charge is -2.49. The summed E-state index contributed by atoms with van der Waals surface area (Å²) >= 11 is 18.1. The maximum Gasteiger partial charge on any atom is 0.508 e. The Hall–Kier alpha value is -3.99. The molecule has 1 heterocycles. The van der Waals surface area contributed by atoms with E-state index in [1.807, 2.05) is 97.1 Å². The highest BCUT2D eigenvalue weighted by Gasteiger charge is 2.55. The largest absolute Gasteiger partial charge is 0.508 e. The number of amides is 2. The van der Waals surface area contributed by atoms with Crippen molar-refractivity contribution in [1.29, 1.82) is 0 Å². The smallest absolute Gasteiger partial charge is 0.455 e. The predicted octanol–water partition coefficient (Wildman–Crippen LogP) is 6.94. The van der Waals surface area contributed by atoms with Gasteiger partial charge in [0.2, 0.25) is 9.70 Å². The molecule has 1 fully saturated rings. The minimum Gasteiger partial charge on any atom is -0.455 e. The lowest BCUT2D eigenvalue weighted by Crippen LogP contribution is -2.72. The van der Waals surface area contributed by atoms with Gasteiger partial charge in [-0.05, 0) is 42.2 Å². The number of esters is 1. The second-order valence-electron chi connectivity index (χ2n) is 13.7. The van der Waals surface area contributed by atoms with Crippen LogP contribution in [0.25, 0.3) is 0 Å². The zero-order chi connectivity index (χ0) is 40.5. The molecule has 3 atom stereocenters. The van der Waals surface area contributed by atoms with E-state index >= 15 is 4.79 Å². The van der Waals surface area contributed by atoms with E-state index in [2.05, 4.69) is 5.32 Å². The number of carbonyl (C=O) groups is 4. The molecule has 296 valence electrons. The molecule has 1 saturated heterocycles. The molecule has 1 aliphatic heterocycles. The molecule has 15 heteroatoms. The van der Waals surface area contributed by atoms with Gasteiger partial charge in [0.25, 0.3) is 5.91 Å². The Morgan fingerprint density at radius 2 is 1.30 bits per heavy atom. The van der Waals surface area contributed by atoms with E-state index in [1.165, 1.54) is 4.90 Å². The second kappa shape index (κ2) is 19.0. The van der Waals surface area contributed by atoms with Crippen molar-refractivity contribution in [3.63, 3.8) is 0 Å². The first-order valence-electron chi connectivity index (χ1n) is 17.5. The molecule has 0 radical (unpaired) electrons. The third-order valence-corrected chi connectivity index (χ3v) is 14.3. The van der Waals surface area contributed by atoms with Crippen molar-refractivity contribution in [3.05, 3.63) is 127 Å². The second-order valence-corrected chi connectivity index (χ2v) is 20.7. The summed E-state index contributed by atoms with van der Waals surface area (Å²) in [6.45, 7) is 0.124. The van der Waals surface area contributed by atoms with E-state index in [9.17, 15) is 18.8 Å². The summed E-state index contributed by atoms with van der Waals surface area (Å²) in [7, 11) is 0. The van der Waals surface area contributed by atoms with Gasteiger partial charge in [0.15, 0.2) is 0 Å². The average Bonchev–Trinajstić information content (AvgIpc) is 3.17. The molecule has 0 saturated carbocycles. The summed E-state index contributed by atoms with van der Waals surface area (Å²) < 4.78 is 28.8. The molecule has 1 aliphatic rings. The molecular formula is C41H41Cl3FN2O7PS.